The van der Waals surface area contributed by atoms with Crippen molar-refractivity contribution in [2.45, 2.75) is 20.0 Å². The molecule has 0 spiro atoms. The van der Waals surface area contributed by atoms with Gasteiger partial charge in [0, 0.05) is 0 Å². The van der Waals surface area contributed by atoms with E-state index in [0.29, 0.717) is 11.5 Å². The van der Waals surface area contributed by atoms with Crippen LogP contribution in [-0.4, -0.2) is 28.1 Å². The van der Waals surface area contributed by atoms with Crippen LogP contribution >= 0.6 is 11.6 Å². The number of hydrogen-bond acceptors (Lipinski definition) is 4. The summed E-state index contributed by atoms with van der Waals surface area (Å²) >= 11 is 6.30. The average Bonchev–Trinajstić information content (AvgIpc) is 3.28. The van der Waals surface area contributed by atoms with Crippen LogP contribution in [0, 0.1) is 12.7 Å². The van der Waals surface area contributed by atoms with Gasteiger partial charge in [-0.3, -0.25) is 9.59 Å². The first-order valence-electron chi connectivity index (χ1n) is 8.48. The van der Waals surface area contributed by atoms with Crippen LogP contribution in [0.15, 0.2) is 47.1 Å². The third kappa shape index (κ3) is 4.77. The van der Waals surface area contributed by atoms with Gasteiger partial charge in [-0.2, -0.15) is 5.10 Å². The van der Waals surface area contributed by atoms with Crippen molar-refractivity contribution in [3.05, 3.63) is 76.2 Å². The number of rotatable bonds is 7. The topological polar surface area (TPSA) is 89.2 Å². The summed E-state index contributed by atoms with van der Waals surface area (Å²) in [4.78, 5) is 24.3. The fraction of sp³-hybridized carbons (Fsp3) is 0.211. The predicted octanol–water partition coefficient (Wildman–Crippen LogP) is 2.67. The maximum atomic E-state index is 13.0. The van der Waals surface area contributed by atoms with E-state index in [1.807, 2.05) is 0 Å². The van der Waals surface area contributed by atoms with E-state index in [0.717, 1.165) is 5.56 Å². The highest BCUT2D eigenvalue weighted by atomic mass is 35.5. The normalized spacial score (nSPS) is 10.7. The van der Waals surface area contributed by atoms with Crippen molar-refractivity contribution in [2.75, 3.05) is 6.54 Å². The van der Waals surface area contributed by atoms with Gasteiger partial charge in [-0.05, 0) is 36.8 Å². The minimum absolute atomic E-state index is 0.148. The molecule has 0 bridgehead atoms. The predicted molar refractivity (Wildman–Crippen MR) is 100 cm³/mol. The molecule has 0 saturated carbocycles. The molecule has 2 N–H and O–H groups in total. The number of furan rings is 1. The zero-order valence-corrected chi connectivity index (χ0v) is 15.8. The second-order valence-electron chi connectivity index (χ2n) is 6.07. The Hall–Kier alpha value is -3.13. The largest absolute Gasteiger partial charge is 0.467 e. The van der Waals surface area contributed by atoms with Gasteiger partial charge >= 0.3 is 0 Å². The first-order chi connectivity index (χ1) is 13.4. The van der Waals surface area contributed by atoms with Crippen molar-refractivity contribution in [2.24, 2.45) is 0 Å². The highest BCUT2D eigenvalue weighted by Gasteiger charge is 2.21. The van der Waals surface area contributed by atoms with Crippen LogP contribution in [-0.2, 0) is 17.9 Å². The Morgan fingerprint density at radius 3 is 2.64 bits per heavy atom. The van der Waals surface area contributed by atoms with Gasteiger partial charge in [-0.1, -0.05) is 23.7 Å². The molecule has 0 aliphatic heterocycles. The molecular formula is C19H18ClFN4O3. The molecule has 2 aromatic heterocycles. The Bertz CT molecular complexity index is 968. The summed E-state index contributed by atoms with van der Waals surface area (Å²) in [5.41, 5.74) is 1.42. The van der Waals surface area contributed by atoms with Crippen LogP contribution in [0.2, 0.25) is 5.15 Å². The van der Waals surface area contributed by atoms with Gasteiger partial charge in [0.25, 0.3) is 5.91 Å². The highest BCUT2D eigenvalue weighted by Crippen LogP contribution is 2.21. The number of halogens is 2. The summed E-state index contributed by atoms with van der Waals surface area (Å²) in [5.74, 6) is -0.587. The number of benzene rings is 1. The molecule has 2 heterocycles. The van der Waals surface area contributed by atoms with Crippen LogP contribution in [0.3, 0.4) is 0 Å². The molecule has 28 heavy (non-hydrogen) atoms. The zero-order chi connectivity index (χ0) is 20.1. The molecule has 2 amide bonds. The van der Waals surface area contributed by atoms with E-state index < -0.39 is 5.91 Å². The van der Waals surface area contributed by atoms with Crippen molar-refractivity contribution in [3.8, 4) is 0 Å². The summed E-state index contributed by atoms with van der Waals surface area (Å²) in [6.45, 7) is 1.96. The molecule has 0 radical (unpaired) electrons. The Morgan fingerprint density at radius 2 is 1.96 bits per heavy atom. The molecule has 0 saturated heterocycles. The molecule has 3 rings (SSSR count). The maximum absolute atomic E-state index is 13.0. The summed E-state index contributed by atoms with van der Waals surface area (Å²) in [6, 6.07) is 9.37. The van der Waals surface area contributed by atoms with Gasteiger partial charge in [-0.25, -0.2) is 9.07 Å². The van der Waals surface area contributed by atoms with Crippen LogP contribution < -0.4 is 10.6 Å². The van der Waals surface area contributed by atoms with E-state index in [2.05, 4.69) is 15.7 Å². The lowest BCUT2D eigenvalue weighted by atomic mass is 10.2. The molecule has 7 nitrogen and oxygen atoms in total. The van der Waals surface area contributed by atoms with Gasteiger partial charge < -0.3 is 15.1 Å². The third-order valence-corrected chi connectivity index (χ3v) is 4.37. The van der Waals surface area contributed by atoms with Crippen LogP contribution in [0.4, 0.5) is 4.39 Å². The average molecular weight is 405 g/mol. The number of nitrogens with zero attached hydrogens (tertiary/aromatic N) is 2. The molecule has 0 fully saturated rings. The fourth-order valence-electron chi connectivity index (χ4n) is 2.59. The van der Waals surface area contributed by atoms with Crippen LogP contribution in [0.25, 0.3) is 0 Å². The van der Waals surface area contributed by atoms with Crippen molar-refractivity contribution >= 4 is 23.4 Å². The molecule has 0 aliphatic rings. The maximum Gasteiger partial charge on any atom is 0.256 e. The Balaban J connectivity index is 1.59. The smallest absolute Gasteiger partial charge is 0.256 e. The van der Waals surface area contributed by atoms with Gasteiger partial charge in [0.15, 0.2) is 0 Å². The second kappa shape index (κ2) is 8.71. The first-order valence-corrected chi connectivity index (χ1v) is 8.86. The molecule has 3 aromatic rings. The zero-order valence-electron chi connectivity index (χ0n) is 15.0. The van der Waals surface area contributed by atoms with E-state index in [-0.39, 0.29) is 42.1 Å². The lowest BCUT2D eigenvalue weighted by Gasteiger charge is -2.06. The monoisotopic (exact) mass is 404 g/mol. The summed E-state index contributed by atoms with van der Waals surface area (Å²) in [5, 5.41) is 9.57. The lowest BCUT2D eigenvalue weighted by Crippen LogP contribution is -2.36. The fourth-order valence-corrected chi connectivity index (χ4v) is 2.91. The van der Waals surface area contributed by atoms with Crippen LogP contribution in [0.1, 0.15) is 27.4 Å². The van der Waals surface area contributed by atoms with Crippen molar-refractivity contribution in [3.63, 3.8) is 0 Å². The molecule has 0 atom stereocenters. The highest BCUT2D eigenvalue weighted by molar-refractivity contribution is 6.33. The quantitative estimate of drug-likeness (QED) is 0.633. The number of hydrogen-bond donors (Lipinski definition) is 2. The van der Waals surface area contributed by atoms with Gasteiger partial charge in [0.2, 0.25) is 5.91 Å². The van der Waals surface area contributed by atoms with E-state index in [9.17, 15) is 14.0 Å². The van der Waals surface area contributed by atoms with E-state index in [4.69, 9.17) is 16.0 Å². The van der Waals surface area contributed by atoms with Crippen molar-refractivity contribution < 1.29 is 18.4 Å². The Kier molecular flexibility index (Phi) is 6.10. The van der Waals surface area contributed by atoms with Gasteiger partial charge in [-0.15, -0.1) is 0 Å². The number of nitrogens with one attached hydrogen (secondary N) is 2. The number of aromatic nitrogens is 2. The standard InChI is InChI=1S/C19H18ClFN4O3/c1-12-17(18(20)25(24-12)11-13-4-6-14(21)7-5-13)19(27)23-10-16(26)22-9-15-3-2-8-28-15/h2-8H,9-11H2,1H3,(H,22,26)(H,23,27). The number of amides is 2. The van der Waals surface area contributed by atoms with Crippen molar-refractivity contribution in [1.29, 1.82) is 0 Å². The molecular weight excluding hydrogens is 387 g/mol. The molecule has 1 aromatic carbocycles. The lowest BCUT2D eigenvalue weighted by molar-refractivity contribution is -0.120. The Morgan fingerprint density at radius 1 is 1.21 bits per heavy atom. The second-order valence-corrected chi connectivity index (χ2v) is 6.43. The number of aryl methyl sites for hydroxylation is 1. The number of carbonyl (C=O) groups excluding carboxylic acids is 2. The Labute approximate surface area is 165 Å². The minimum Gasteiger partial charge on any atom is -0.467 e. The van der Waals surface area contributed by atoms with E-state index in [1.54, 1.807) is 31.2 Å². The van der Waals surface area contributed by atoms with Crippen molar-refractivity contribution in [1.82, 2.24) is 20.4 Å². The van der Waals surface area contributed by atoms with Crippen LogP contribution in [0.5, 0.6) is 0 Å². The van der Waals surface area contributed by atoms with Gasteiger partial charge in [0.05, 0.1) is 37.2 Å². The molecule has 9 heteroatoms. The summed E-state index contributed by atoms with van der Waals surface area (Å²) in [7, 11) is 0. The SMILES string of the molecule is Cc1nn(Cc2ccc(F)cc2)c(Cl)c1C(=O)NCC(=O)NCc1ccco1. The third-order valence-electron chi connectivity index (χ3n) is 3.99. The van der Waals surface area contributed by atoms with E-state index in [1.165, 1.54) is 23.1 Å². The number of carbonyl (C=O) groups is 2. The van der Waals surface area contributed by atoms with Gasteiger partial charge in [0.1, 0.15) is 16.7 Å². The van der Waals surface area contributed by atoms with E-state index >= 15 is 0 Å². The summed E-state index contributed by atoms with van der Waals surface area (Å²) in [6.07, 6.45) is 1.51. The molecule has 0 aliphatic carbocycles. The molecule has 0 unspecified atom stereocenters. The molecule has 146 valence electrons. The minimum atomic E-state index is -0.499. The first kappa shape index (κ1) is 19.6. The summed E-state index contributed by atoms with van der Waals surface area (Å²) < 4.78 is 19.6.